The number of carbonyl (C=O) groups excluding carboxylic acids is 1. The molecule has 0 aromatic carbocycles. The van der Waals surface area contributed by atoms with E-state index in [4.69, 9.17) is 0 Å². The summed E-state index contributed by atoms with van der Waals surface area (Å²) in [4.78, 5) is 18.9. The van der Waals surface area contributed by atoms with Crippen LogP contribution in [0.15, 0.2) is 18.3 Å². The van der Waals surface area contributed by atoms with Gasteiger partial charge in [0.1, 0.15) is 0 Å². The number of likely N-dealkylation sites (tertiary alicyclic amines) is 1. The maximum Gasteiger partial charge on any atom is 0.232 e. The minimum Gasteiger partial charge on any atom is -0.342 e. The summed E-state index contributed by atoms with van der Waals surface area (Å²) in [5.74, 6) is 0.746. The van der Waals surface area contributed by atoms with E-state index in [0.29, 0.717) is 12.0 Å². The summed E-state index contributed by atoms with van der Waals surface area (Å²) in [7, 11) is 1.96. The van der Waals surface area contributed by atoms with Gasteiger partial charge in [-0.05, 0) is 37.3 Å². The minimum absolute atomic E-state index is 0.000833. The third-order valence-electron chi connectivity index (χ3n) is 4.57. The van der Waals surface area contributed by atoms with E-state index in [-0.39, 0.29) is 11.8 Å². The number of likely N-dealkylation sites (N-methyl/N-ethyl adjacent to an activating group) is 1. The molecule has 3 atom stereocenters. The van der Waals surface area contributed by atoms with Gasteiger partial charge in [-0.1, -0.05) is 18.9 Å². The number of amides is 1. The van der Waals surface area contributed by atoms with E-state index < -0.39 is 0 Å². The Morgan fingerprint density at radius 1 is 1.28 bits per heavy atom. The second kappa shape index (κ2) is 4.38. The lowest BCUT2D eigenvalue weighted by atomic mass is 9.78. The van der Waals surface area contributed by atoms with Crippen molar-refractivity contribution in [1.82, 2.24) is 9.88 Å². The second-order valence-electron chi connectivity index (χ2n) is 5.70. The van der Waals surface area contributed by atoms with Crippen molar-refractivity contribution >= 4 is 5.91 Å². The second-order valence-corrected chi connectivity index (χ2v) is 5.70. The molecule has 1 aromatic rings. The zero-order chi connectivity index (χ0) is 12.7. The molecule has 2 heterocycles. The minimum atomic E-state index is 0.000833. The number of aromatic nitrogens is 1. The topological polar surface area (TPSA) is 33.2 Å². The van der Waals surface area contributed by atoms with Crippen LogP contribution < -0.4 is 0 Å². The summed E-state index contributed by atoms with van der Waals surface area (Å²) in [6.07, 6.45) is 6.71. The normalized spacial score (nSPS) is 31.6. The molecule has 0 bridgehead atoms. The molecule has 1 saturated carbocycles. The summed E-state index contributed by atoms with van der Waals surface area (Å²) in [6.45, 7) is 2.03. The summed E-state index contributed by atoms with van der Waals surface area (Å²) < 4.78 is 0. The molecule has 18 heavy (non-hydrogen) atoms. The van der Waals surface area contributed by atoms with Crippen molar-refractivity contribution in [3.8, 4) is 0 Å². The van der Waals surface area contributed by atoms with Crippen LogP contribution in [0.5, 0.6) is 0 Å². The molecule has 96 valence electrons. The highest BCUT2D eigenvalue weighted by molar-refractivity contribution is 5.86. The molecule has 2 aliphatic rings. The molecule has 0 radical (unpaired) electrons. The first-order valence-corrected chi connectivity index (χ1v) is 6.87. The van der Waals surface area contributed by atoms with Crippen molar-refractivity contribution in [2.75, 3.05) is 7.05 Å². The van der Waals surface area contributed by atoms with E-state index >= 15 is 0 Å². The molecular weight excluding hydrogens is 224 g/mol. The highest BCUT2D eigenvalue weighted by Crippen LogP contribution is 2.44. The Morgan fingerprint density at radius 2 is 2.06 bits per heavy atom. The molecule has 3 heteroatoms. The van der Waals surface area contributed by atoms with Crippen LogP contribution in [0, 0.1) is 12.8 Å². The molecule has 3 rings (SSSR count). The van der Waals surface area contributed by atoms with Gasteiger partial charge in [0.05, 0.1) is 11.6 Å². The molecule has 0 N–H and O–H groups in total. The van der Waals surface area contributed by atoms with E-state index in [1.54, 1.807) is 0 Å². The van der Waals surface area contributed by atoms with Gasteiger partial charge in [0.15, 0.2) is 0 Å². The number of hydrogen-bond donors (Lipinski definition) is 0. The summed E-state index contributed by atoms with van der Waals surface area (Å²) in [5, 5.41) is 0. The number of rotatable bonds is 1. The monoisotopic (exact) mass is 244 g/mol. The van der Waals surface area contributed by atoms with E-state index in [0.717, 1.165) is 17.7 Å². The Bertz CT molecular complexity index is 454. The Morgan fingerprint density at radius 3 is 2.78 bits per heavy atom. The number of aryl methyl sites for hydroxylation is 1. The van der Waals surface area contributed by atoms with Crippen molar-refractivity contribution in [1.29, 1.82) is 0 Å². The molecule has 1 saturated heterocycles. The Balaban J connectivity index is 1.95. The Labute approximate surface area is 108 Å². The lowest BCUT2D eigenvalue weighted by molar-refractivity contribution is -0.128. The van der Waals surface area contributed by atoms with Crippen LogP contribution in [0.3, 0.4) is 0 Å². The molecule has 1 aliphatic heterocycles. The van der Waals surface area contributed by atoms with Crippen molar-refractivity contribution < 1.29 is 4.79 Å². The number of hydrogen-bond acceptors (Lipinski definition) is 2. The highest BCUT2D eigenvalue weighted by atomic mass is 16.2. The molecule has 1 aliphatic carbocycles. The predicted molar refractivity (Wildman–Crippen MR) is 70.2 cm³/mol. The van der Waals surface area contributed by atoms with E-state index in [1.165, 1.54) is 19.3 Å². The quantitative estimate of drug-likeness (QED) is 0.760. The van der Waals surface area contributed by atoms with Gasteiger partial charge < -0.3 is 4.90 Å². The maximum atomic E-state index is 12.4. The van der Waals surface area contributed by atoms with Gasteiger partial charge in [0.25, 0.3) is 0 Å². The lowest BCUT2D eigenvalue weighted by Gasteiger charge is -2.29. The number of carbonyl (C=O) groups is 1. The van der Waals surface area contributed by atoms with Gasteiger partial charge in [-0.3, -0.25) is 9.78 Å². The molecule has 1 unspecified atom stereocenters. The lowest BCUT2D eigenvalue weighted by Crippen LogP contribution is -2.33. The molecule has 0 spiro atoms. The van der Waals surface area contributed by atoms with E-state index in [1.807, 2.05) is 31.1 Å². The van der Waals surface area contributed by atoms with Gasteiger partial charge >= 0.3 is 0 Å². The van der Waals surface area contributed by atoms with Crippen LogP contribution in [-0.4, -0.2) is 28.9 Å². The fourth-order valence-electron chi connectivity index (χ4n) is 3.58. The molecule has 1 aromatic heterocycles. The maximum absolute atomic E-state index is 12.4. The van der Waals surface area contributed by atoms with Crippen molar-refractivity contribution in [2.24, 2.45) is 5.92 Å². The number of fused-ring (bicyclic) bond motifs is 1. The van der Waals surface area contributed by atoms with Crippen LogP contribution in [0.1, 0.15) is 42.9 Å². The fraction of sp³-hybridized carbons (Fsp3) is 0.600. The summed E-state index contributed by atoms with van der Waals surface area (Å²) in [5.41, 5.74) is 2.12. The molecule has 2 fully saturated rings. The molecule has 3 nitrogen and oxygen atoms in total. The zero-order valence-electron chi connectivity index (χ0n) is 11.1. The van der Waals surface area contributed by atoms with Crippen molar-refractivity contribution in [2.45, 2.75) is 44.6 Å². The van der Waals surface area contributed by atoms with E-state index in [2.05, 4.69) is 11.1 Å². The van der Waals surface area contributed by atoms with Gasteiger partial charge in [-0.25, -0.2) is 0 Å². The van der Waals surface area contributed by atoms with Crippen LogP contribution in [0.25, 0.3) is 0 Å². The standard InChI is InChI=1S/C15H20N2O/c1-10-7-8-12(16-9-10)14-11-5-3-4-6-13(11)17(2)15(14)18/h7-9,11,13-14H,3-6H2,1-2H3/t11-,13+,14?/m1/s1. The van der Waals surface area contributed by atoms with E-state index in [9.17, 15) is 4.79 Å². The van der Waals surface area contributed by atoms with Crippen molar-refractivity contribution in [3.05, 3.63) is 29.6 Å². The largest absolute Gasteiger partial charge is 0.342 e. The Kier molecular flexibility index (Phi) is 2.84. The van der Waals surface area contributed by atoms with Gasteiger partial charge in [0, 0.05) is 19.3 Å². The summed E-state index contributed by atoms with van der Waals surface area (Å²) >= 11 is 0. The average molecular weight is 244 g/mol. The third-order valence-corrected chi connectivity index (χ3v) is 4.57. The van der Waals surface area contributed by atoms with Gasteiger partial charge in [-0.15, -0.1) is 0 Å². The smallest absolute Gasteiger partial charge is 0.232 e. The SMILES string of the molecule is Cc1ccc(C2C(=O)N(C)[C@H]3CCCC[C@@H]23)nc1. The highest BCUT2D eigenvalue weighted by Gasteiger charge is 2.47. The number of nitrogens with zero attached hydrogens (tertiary/aromatic N) is 2. The van der Waals surface area contributed by atoms with Crippen molar-refractivity contribution in [3.63, 3.8) is 0 Å². The third kappa shape index (κ3) is 1.73. The van der Waals surface area contributed by atoms with Gasteiger partial charge in [0.2, 0.25) is 5.91 Å². The van der Waals surface area contributed by atoms with Crippen LogP contribution in [0.2, 0.25) is 0 Å². The molecule has 1 amide bonds. The first kappa shape index (κ1) is 11.7. The van der Waals surface area contributed by atoms with Crippen LogP contribution in [0.4, 0.5) is 0 Å². The first-order valence-electron chi connectivity index (χ1n) is 6.87. The first-order chi connectivity index (χ1) is 8.68. The van der Waals surface area contributed by atoms with Gasteiger partial charge in [-0.2, -0.15) is 0 Å². The average Bonchev–Trinajstić information content (AvgIpc) is 2.64. The molecular formula is C15H20N2O. The Hall–Kier alpha value is -1.38. The predicted octanol–water partition coefficient (Wildman–Crippen LogP) is 2.50. The zero-order valence-corrected chi connectivity index (χ0v) is 11.1. The van der Waals surface area contributed by atoms with Crippen LogP contribution >= 0.6 is 0 Å². The summed E-state index contributed by atoms with van der Waals surface area (Å²) in [6, 6.07) is 4.54. The fourth-order valence-corrected chi connectivity index (χ4v) is 3.58. The number of pyridine rings is 1. The van der Waals surface area contributed by atoms with Crippen LogP contribution in [-0.2, 0) is 4.79 Å².